The maximum absolute atomic E-state index is 13.5. The van der Waals surface area contributed by atoms with Gasteiger partial charge in [-0.2, -0.15) is 0 Å². The number of hydrogen-bond donors (Lipinski definition) is 0. The van der Waals surface area contributed by atoms with Crippen molar-refractivity contribution in [3.05, 3.63) is 41.2 Å². The van der Waals surface area contributed by atoms with Crippen LogP contribution in [0.4, 0.5) is 5.69 Å². The first-order chi connectivity index (χ1) is 12.5. The van der Waals surface area contributed by atoms with E-state index in [1.54, 1.807) is 0 Å². The highest BCUT2D eigenvalue weighted by Gasteiger charge is 2.66. The van der Waals surface area contributed by atoms with E-state index in [-0.39, 0.29) is 29.8 Å². The van der Waals surface area contributed by atoms with Crippen molar-refractivity contribution < 1.29 is 14.3 Å². The van der Waals surface area contributed by atoms with Gasteiger partial charge in [0.15, 0.2) is 0 Å². The Morgan fingerprint density at radius 1 is 1.27 bits per heavy atom. The molecule has 1 aromatic rings. The van der Waals surface area contributed by atoms with Crippen LogP contribution < -0.4 is 4.90 Å². The molecule has 26 heavy (non-hydrogen) atoms. The summed E-state index contributed by atoms with van der Waals surface area (Å²) in [7, 11) is 4.02. The van der Waals surface area contributed by atoms with Crippen LogP contribution in [0, 0.1) is 11.8 Å². The van der Waals surface area contributed by atoms with Gasteiger partial charge in [0, 0.05) is 36.3 Å². The molecule has 0 N–H and O–H groups in total. The molecule has 5 rings (SSSR count). The Kier molecular flexibility index (Phi) is 3.21. The molecule has 0 saturated carbocycles. The number of rotatable bonds is 1. The zero-order valence-electron chi connectivity index (χ0n) is 15.4. The van der Waals surface area contributed by atoms with Gasteiger partial charge >= 0.3 is 0 Å². The highest BCUT2D eigenvalue weighted by atomic mass is 16.5. The zero-order valence-corrected chi connectivity index (χ0v) is 15.4. The van der Waals surface area contributed by atoms with E-state index in [9.17, 15) is 9.59 Å². The van der Waals surface area contributed by atoms with Crippen LogP contribution in [0.15, 0.2) is 35.6 Å². The molecule has 2 bridgehead atoms. The standard InChI is InChI=1S/C21H24N2O3/c1-12-14(10-24)13-8-19-21(9-18(22(19)2)15(13)11-26-12)16-6-4-5-7-17(16)23(3)20(21)25/h4-7,10,13,15,18-19H,8-9,11H2,1-3H3/t13-,15+,18-,19-,21-/m0/s1. The number of fused-ring (bicyclic) bond motifs is 7. The average Bonchev–Trinajstić information content (AvgIpc) is 2.97. The summed E-state index contributed by atoms with van der Waals surface area (Å²) in [4.78, 5) is 29.4. The van der Waals surface area contributed by atoms with Gasteiger partial charge in [0.1, 0.15) is 6.29 Å². The molecule has 5 heteroatoms. The zero-order chi connectivity index (χ0) is 18.2. The molecule has 2 fully saturated rings. The number of piperidine rings is 1. The number of carbonyl (C=O) groups excluding carboxylic acids is 2. The van der Waals surface area contributed by atoms with E-state index in [0.717, 1.165) is 41.7 Å². The van der Waals surface area contributed by atoms with Gasteiger partial charge in [-0.3, -0.25) is 14.5 Å². The highest BCUT2D eigenvalue weighted by Crippen LogP contribution is 2.59. The highest BCUT2D eigenvalue weighted by molar-refractivity contribution is 6.08. The number of allylic oxidation sites excluding steroid dienone is 2. The lowest BCUT2D eigenvalue weighted by Gasteiger charge is -2.46. The van der Waals surface area contributed by atoms with E-state index in [4.69, 9.17) is 4.74 Å². The topological polar surface area (TPSA) is 49.9 Å². The summed E-state index contributed by atoms with van der Waals surface area (Å²) in [6.07, 6.45) is 2.62. The number of para-hydroxylation sites is 1. The lowest BCUT2D eigenvalue weighted by Crippen LogP contribution is -2.54. The molecular formula is C21H24N2O3. The van der Waals surface area contributed by atoms with Crippen LogP contribution in [0.2, 0.25) is 0 Å². The summed E-state index contributed by atoms with van der Waals surface area (Å²) in [5.41, 5.74) is 2.48. The third-order valence-corrected chi connectivity index (χ3v) is 7.46. The van der Waals surface area contributed by atoms with Crippen LogP contribution in [0.1, 0.15) is 25.3 Å². The van der Waals surface area contributed by atoms with E-state index in [1.165, 1.54) is 0 Å². The Labute approximate surface area is 153 Å². The van der Waals surface area contributed by atoms with Crippen molar-refractivity contribution in [3.63, 3.8) is 0 Å². The minimum atomic E-state index is -0.496. The van der Waals surface area contributed by atoms with Crippen LogP contribution in [0.5, 0.6) is 0 Å². The molecule has 0 aliphatic carbocycles. The van der Waals surface area contributed by atoms with Crippen molar-refractivity contribution in [2.24, 2.45) is 11.8 Å². The molecule has 1 amide bonds. The number of benzene rings is 1. The van der Waals surface area contributed by atoms with Crippen molar-refractivity contribution in [1.82, 2.24) is 4.90 Å². The number of aldehydes is 1. The summed E-state index contributed by atoms with van der Waals surface area (Å²) in [5.74, 6) is 1.42. The Morgan fingerprint density at radius 3 is 2.81 bits per heavy atom. The second kappa shape index (κ2) is 5.19. The van der Waals surface area contributed by atoms with Crippen molar-refractivity contribution in [2.75, 3.05) is 25.6 Å². The van der Waals surface area contributed by atoms with E-state index < -0.39 is 5.41 Å². The largest absolute Gasteiger partial charge is 0.497 e. The molecule has 0 aromatic heterocycles. The number of ether oxygens (including phenoxy) is 1. The number of anilines is 1. The minimum absolute atomic E-state index is 0.119. The fraction of sp³-hybridized carbons (Fsp3) is 0.524. The number of likely N-dealkylation sites (N-methyl/N-ethyl adjacent to an activating group) is 2. The first-order valence-corrected chi connectivity index (χ1v) is 9.39. The van der Waals surface area contributed by atoms with Crippen LogP contribution >= 0.6 is 0 Å². The van der Waals surface area contributed by atoms with E-state index >= 15 is 0 Å². The summed E-state index contributed by atoms with van der Waals surface area (Å²) < 4.78 is 5.84. The Bertz CT molecular complexity index is 847. The van der Waals surface area contributed by atoms with Gasteiger partial charge in [-0.05, 0) is 44.4 Å². The molecule has 136 valence electrons. The van der Waals surface area contributed by atoms with E-state index in [0.29, 0.717) is 6.61 Å². The normalized spacial score (nSPS) is 38.4. The van der Waals surface area contributed by atoms with Crippen molar-refractivity contribution in [1.29, 1.82) is 0 Å². The van der Waals surface area contributed by atoms with Gasteiger partial charge in [0.2, 0.25) is 5.91 Å². The molecule has 2 saturated heterocycles. The monoisotopic (exact) mass is 352 g/mol. The number of nitrogens with zero attached hydrogens (tertiary/aromatic N) is 2. The van der Waals surface area contributed by atoms with Gasteiger partial charge in [-0.25, -0.2) is 0 Å². The predicted octanol–water partition coefficient (Wildman–Crippen LogP) is 2.11. The molecule has 1 spiro atoms. The molecule has 1 aromatic carbocycles. The lowest BCUT2D eigenvalue weighted by molar-refractivity contribution is -0.124. The second-order valence-electron chi connectivity index (χ2n) is 8.25. The Hall–Kier alpha value is -2.14. The summed E-state index contributed by atoms with van der Waals surface area (Å²) in [5, 5.41) is 0. The van der Waals surface area contributed by atoms with Gasteiger partial charge in [-0.1, -0.05) is 18.2 Å². The maximum Gasteiger partial charge on any atom is 0.239 e. The van der Waals surface area contributed by atoms with Gasteiger partial charge in [-0.15, -0.1) is 0 Å². The molecule has 4 aliphatic heterocycles. The Morgan fingerprint density at radius 2 is 2.04 bits per heavy atom. The fourth-order valence-electron chi connectivity index (χ4n) is 6.20. The molecule has 5 atom stereocenters. The maximum atomic E-state index is 13.5. The van der Waals surface area contributed by atoms with Crippen LogP contribution in [-0.2, 0) is 19.7 Å². The van der Waals surface area contributed by atoms with Crippen molar-refractivity contribution >= 4 is 17.9 Å². The summed E-state index contributed by atoms with van der Waals surface area (Å²) in [6, 6.07) is 8.57. The van der Waals surface area contributed by atoms with E-state index in [1.807, 2.05) is 37.1 Å². The van der Waals surface area contributed by atoms with Crippen LogP contribution in [0.25, 0.3) is 0 Å². The second-order valence-corrected chi connectivity index (χ2v) is 8.25. The lowest BCUT2D eigenvalue weighted by atomic mass is 9.72. The van der Waals surface area contributed by atoms with Crippen molar-refractivity contribution in [2.45, 2.75) is 37.3 Å². The third kappa shape index (κ3) is 1.70. The summed E-state index contributed by atoms with van der Waals surface area (Å²) >= 11 is 0. The number of hydrogen-bond acceptors (Lipinski definition) is 4. The smallest absolute Gasteiger partial charge is 0.239 e. The quantitative estimate of drug-likeness (QED) is 0.727. The first kappa shape index (κ1) is 16.1. The van der Waals surface area contributed by atoms with Gasteiger partial charge < -0.3 is 9.64 Å². The Balaban J connectivity index is 1.66. The molecule has 5 nitrogen and oxygen atoms in total. The molecule has 0 radical (unpaired) electrons. The van der Waals surface area contributed by atoms with Gasteiger partial charge in [0.05, 0.1) is 17.8 Å². The van der Waals surface area contributed by atoms with Crippen LogP contribution in [-0.4, -0.2) is 49.9 Å². The predicted molar refractivity (Wildman–Crippen MR) is 97.8 cm³/mol. The van der Waals surface area contributed by atoms with E-state index in [2.05, 4.69) is 18.0 Å². The van der Waals surface area contributed by atoms with Crippen LogP contribution in [0.3, 0.4) is 0 Å². The minimum Gasteiger partial charge on any atom is -0.497 e. The third-order valence-electron chi connectivity index (χ3n) is 7.46. The van der Waals surface area contributed by atoms with Gasteiger partial charge in [0.25, 0.3) is 0 Å². The average molecular weight is 352 g/mol. The SMILES string of the molecule is CC1=C(C=O)[C@@H]2C[C@@H]3N(C)[C@@H](C[C@@]34C(=O)N(C)c3ccccc34)[C@@H]2CO1. The molecular weight excluding hydrogens is 328 g/mol. The summed E-state index contributed by atoms with van der Waals surface area (Å²) in [6.45, 7) is 2.52. The molecule has 4 heterocycles. The number of carbonyl (C=O) groups is 2. The number of amides is 1. The van der Waals surface area contributed by atoms with Crippen molar-refractivity contribution in [3.8, 4) is 0 Å². The first-order valence-electron chi connectivity index (χ1n) is 9.39. The molecule has 0 unspecified atom stereocenters. The fourth-order valence-corrected chi connectivity index (χ4v) is 6.20. The molecule has 4 aliphatic rings.